The fraction of sp³-hybridized carbons (Fsp3) is 0.393. The third-order valence-electron chi connectivity index (χ3n) is 6.19. The molecule has 0 spiro atoms. The van der Waals surface area contributed by atoms with Crippen molar-refractivity contribution in [2.75, 3.05) is 39.4 Å². The molecule has 0 radical (unpaired) electrons. The SMILES string of the molecule is CCCN(CC(=O)N1CCc2sccc2C1COc1ccc(F)cc1)CC(O)COc1ccccc1. The largest absolute Gasteiger partial charge is 0.491 e. The first kappa shape index (κ1) is 26.1. The Morgan fingerprint density at radius 2 is 1.89 bits per heavy atom. The molecule has 1 N–H and O–H groups in total. The van der Waals surface area contributed by atoms with Gasteiger partial charge < -0.3 is 19.5 Å². The zero-order valence-corrected chi connectivity index (χ0v) is 21.3. The summed E-state index contributed by atoms with van der Waals surface area (Å²) in [6, 6.07) is 17.2. The first-order chi connectivity index (χ1) is 17.5. The molecular formula is C28H33FN2O4S. The van der Waals surface area contributed by atoms with Gasteiger partial charge in [-0.2, -0.15) is 0 Å². The Hall–Kier alpha value is -2.94. The molecule has 2 aromatic carbocycles. The topological polar surface area (TPSA) is 62.2 Å². The summed E-state index contributed by atoms with van der Waals surface area (Å²) in [6.07, 6.45) is 0.963. The quantitative estimate of drug-likeness (QED) is 0.386. The van der Waals surface area contributed by atoms with Crippen molar-refractivity contribution in [3.8, 4) is 11.5 Å². The van der Waals surface area contributed by atoms with Crippen molar-refractivity contribution in [2.24, 2.45) is 0 Å². The van der Waals surface area contributed by atoms with Crippen LogP contribution in [-0.4, -0.2) is 66.3 Å². The molecule has 0 saturated heterocycles. The lowest BCUT2D eigenvalue weighted by molar-refractivity contribution is -0.136. The molecule has 0 fully saturated rings. The molecule has 3 aromatic rings. The molecular weight excluding hydrogens is 479 g/mol. The van der Waals surface area contributed by atoms with E-state index in [1.165, 1.54) is 17.0 Å². The Labute approximate surface area is 215 Å². The summed E-state index contributed by atoms with van der Waals surface area (Å²) >= 11 is 1.70. The number of thiophene rings is 1. The van der Waals surface area contributed by atoms with E-state index in [9.17, 15) is 14.3 Å². The molecule has 192 valence electrons. The Morgan fingerprint density at radius 3 is 2.64 bits per heavy atom. The van der Waals surface area contributed by atoms with Crippen molar-refractivity contribution in [1.82, 2.24) is 9.80 Å². The number of ether oxygens (including phenoxy) is 2. The lowest BCUT2D eigenvalue weighted by atomic mass is 10.0. The highest BCUT2D eigenvalue weighted by Crippen LogP contribution is 2.34. The number of aliphatic hydroxyl groups is 1. The van der Waals surface area contributed by atoms with Crippen LogP contribution < -0.4 is 9.47 Å². The summed E-state index contributed by atoms with van der Waals surface area (Å²) in [5.41, 5.74) is 1.11. The molecule has 2 unspecified atom stereocenters. The molecule has 2 heterocycles. The Bertz CT molecular complexity index is 1090. The van der Waals surface area contributed by atoms with Crippen LogP contribution in [0.2, 0.25) is 0 Å². The molecule has 0 bridgehead atoms. The number of benzene rings is 2. The average molecular weight is 513 g/mol. The summed E-state index contributed by atoms with van der Waals surface area (Å²) in [7, 11) is 0. The highest BCUT2D eigenvalue weighted by atomic mass is 32.1. The molecule has 2 atom stereocenters. The van der Waals surface area contributed by atoms with Gasteiger partial charge in [-0.1, -0.05) is 25.1 Å². The zero-order chi connectivity index (χ0) is 25.3. The van der Waals surface area contributed by atoms with E-state index < -0.39 is 6.10 Å². The van der Waals surface area contributed by atoms with Gasteiger partial charge in [0.15, 0.2) is 0 Å². The minimum atomic E-state index is -0.716. The van der Waals surface area contributed by atoms with E-state index >= 15 is 0 Å². The number of aliphatic hydroxyl groups excluding tert-OH is 1. The van der Waals surface area contributed by atoms with Gasteiger partial charge in [-0.3, -0.25) is 9.69 Å². The molecule has 36 heavy (non-hydrogen) atoms. The van der Waals surface area contributed by atoms with E-state index in [4.69, 9.17) is 9.47 Å². The molecule has 6 nitrogen and oxygen atoms in total. The summed E-state index contributed by atoms with van der Waals surface area (Å²) in [5, 5.41) is 12.6. The summed E-state index contributed by atoms with van der Waals surface area (Å²) in [6.45, 7) is 4.38. The number of amides is 1. The van der Waals surface area contributed by atoms with E-state index in [2.05, 4.69) is 18.4 Å². The fourth-order valence-corrected chi connectivity index (χ4v) is 5.40. The van der Waals surface area contributed by atoms with Gasteiger partial charge in [-0.05, 0) is 72.8 Å². The second-order valence-corrected chi connectivity index (χ2v) is 9.93. The van der Waals surface area contributed by atoms with Crippen molar-refractivity contribution < 1.29 is 23.8 Å². The number of carbonyl (C=O) groups is 1. The number of fused-ring (bicyclic) bond motifs is 1. The number of halogens is 1. The van der Waals surface area contributed by atoms with Crippen LogP contribution in [0.15, 0.2) is 66.0 Å². The maximum Gasteiger partial charge on any atom is 0.237 e. The van der Waals surface area contributed by atoms with Crippen molar-refractivity contribution in [3.63, 3.8) is 0 Å². The lowest BCUT2D eigenvalue weighted by Crippen LogP contribution is -2.48. The Kier molecular flexibility index (Phi) is 9.33. The van der Waals surface area contributed by atoms with Crippen LogP contribution in [0.25, 0.3) is 0 Å². The summed E-state index contributed by atoms with van der Waals surface area (Å²) < 4.78 is 24.9. The first-order valence-electron chi connectivity index (χ1n) is 12.4. The standard InChI is InChI=1S/C28H33FN2O4S/c1-2-14-30(17-22(32)19-34-23-6-4-3-5-7-23)18-28(33)31-15-12-27-25(13-16-36-27)26(31)20-35-24-10-8-21(29)9-11-24/h3-11,13,16,22,26,32H,2,12,14-15,17-20H2,1H3. The van der Waals surface area contributed by atoms with Crippen LogP contribution >= 0.6 is 11.3 Å². The monoisotopic (exact) mass is 512 g/mol. The van der Waals surface area contributed by atoms with Gasteiger partial charge in [-0.15, -0.1) is 11.3 Å². The summed E-state index contributed by atoms with van der Waals surface area (Å²) in [4.78, 5) is 18.7. The highest BCUT2D eigenvalue weighted by molar-refractivity contribution is 7.10. The fourth-order valence-electron chi connectivity index (χ4n) is 4.47. The molecule has 0 aliphatic carbocycles. The van der Waals surface area contributed by atoms with Crippen molar-refractivity contribution >= 4 is 17.2 Å². The number of carbonyl (C=O) groups excluding carboxylic acids is 1. The molecule has 1 amide bonds. The van der Waals surface area contributed by atoms with E-state index in [1.807, 2.05) is 40.1 Å². The molecule has 1 aliphatic rings. The number of hydrogen-bond donors (Lipinski definition) is 1. The van der Waals surface area contributed by atoms with Gasteiger partial charge in [0, 0.05) is 18.0 Å². The van der Waals surface area contributed by atoms with Crippen LogP contribution in [0.3, 0.4) is 0 Å². The zero-order valence-electron chi connectivity index (χ0n) is 20.5. The van der Waals surface area contributed by atoms with Gasteiger partial charge in [0.25, 0.3) is 0 Å². The number of hydrogen-bond acceptors (Lipinski definition) is 6. The summed E-state index contributed by atoms with van der Waals surface area (Å²) in [5.74, 6) is 0.965. The van der Waals surface area contributed by atoms with E-state index in [1.54, 1.807) is 23.5 Å². The maximum atomic E-state index is 13.5. The van der Waals surface area contributed by atoms with Crippen LogP contribution in [0.4, 0.5) is 4.39 Å². The van der Waals surface area contributed by atoms with Crippen LogP contribution in [-0.2, 0) is 11.2 Å². The second-order valence-electron chi connectivity index (χ2n) is 8.93. The number of para-hydroxylation sites is 1. The predicted octanol–water partition coefficient (Wildman–Crippen LogP) is 4.54. The highest BCUT2D eigenvalue weighted by Gasteiger charge is 2.33. The number of nitrogens with zero attached hydrogens (tertiary/aromatic N) is 2. The minimum absolute atomic E-state index is 0.00387. The van der Waals surface area contributed by atoms with Gasteiger partial charge in [0.05, 0.1) is 12.6 Å². The average Bonchev–Trinajstić information content (AvgIpc) is 3.37. The van der Waals surface area contributed by atoms with Gasteiger partial charge in [-0.25, -0.2) is 4.39 Å². The van der Waals surface area contributed by atoms with Crippen molar-refractivity contribution in [3.05, 3.63) is 82.3 Å². The molecule has 1 aliphatic heterocycles. The van der Waals surface area contributed by atoms with Crippen LogP contribution in [0.1, 0.15) is 29.8 Å². The van der Waals surface area contributed by atoms with Gasteiger partial charge in [0.2, 0.25) is 5.91 Å². The normalized spacial score (nSPS) is 16.0. The second kappa shape index (κ2) is 12.9. The van der Waals surface area contributed by atoms with Gasteiger partial charge in [0.1, 0.15) is 36.6 Å². The van der Waals surface area contributed by atoms with E-state index in [0.29, 0.717) is 37.7 Å². The molecule has 8 heteroatoms. The van der Waals surface area contributed by atoms with Crippen LogP contribution in [0, 0.1) is 5.82 Å². The smallest absolute Gasteiger partial charge is 0.237 e. The predicted molar refractivity (Wildman–Crippen MR) is 139 cm³/mol. The molecule has 4 rings (SSSR count). The third kappa shape index (κ3) is 7.06. The molecule has 1 aromatic heterocycles. The van der Waals surface area contributed by atoms with Crippen molar-refractivity contribution in [2.45, 2.75) is 31.9 Å². The minimum Gasteiger partial charge on any atom is -0.491 e. The first-order valence-corrected chi connectivity index (χ1v) is 13.2. The van der Waals surface area contributed by atoms with E-state index in [0.717, 1.165) is 18.4 Å². The molecule has 0 saturated carbocycles. The Balaban J connectivity index is 1.38. The van der Waals surface area contributed by atoms with E-state index in [-0.39, 0.29) is 30.9 Å². The number of rotatable bonds is 12. The lowest BCUT2D eigenvalue weighted by Gasteiger charge is -2.37. The van der Waals surface area contributed by atoms with Crippen LogP contribution in [0.5, 0.6) is 11.5 Å². The third-order valence-corrected chi connectivity index (χ3v) is 7.19. The maximum absolute atomic E-state index is 13.5. The van der Waals surface area contributed by atoms with Gasteiger partial charge >= 0.3 is 0 Å². The van der Waals surface area contributed by atoms with Crippen molar-refractivity contribution in [1.29, 1.82) is 0 Å². The Morgan fingerprint density at radius 1 is 1.14 bits per heavy atom.